The fourth-order valence-electron chi connectivity index (χ4n) is 4.92. The number of hydrogen-bond acceptors (Lipinski definition) is 5. The minimum Gasteiger partial charge on any atom is -0.483 e. The third-order valence-corrected chi connectivity index (χ3v) is 7.57. The molecule has 0 spiro atoms. The van der Waals surface area contributed by atoms with Gasteiger partial charge in [0.1, 0.15) is 0 Å². The molecule has 4 heterocycles. The van der Waals surface area contributed by atoms with Gasteiger partial charge in [-0.05, 0) is 74.4 Å². The van der Waals surface area contributed by atoms with E-state index in [2.05, 4.69) is 58.0 Å². The third kappa shape index (κ3) is 4.50. The van der Waals surface area contributed by atoms with Crippen LogP contribution in [-0.2, 0) is 4.79 Å². The second-order valence-electron chi connectivity index (χ2n) is 8.47. The molecule has 2 aliphatic heterocycles. The van der Waals surface area contributed by atoms with E-state index >= 15 is 0 Å². The van der Waals surface area contributed by atoms with Gasteiger partial charge in [0.25, 0.3) is 12.4 Å². The molecule has 164 valence electrons. The number of rotatable bonds is 3. The van der Waals surface area contributed by atoms with E-state index in [1.807, 2.05) is 6.07 Å². The number of nitrogens with one attached hydrogen (secondary N) is 2. The number of carbonyl (C=O) groups is 2. The van der Waals surface area contributed by atoms with Crippen molar-refractivity contribution in [1.82, 2.24) is 20.4 Å². The highest BCUT2D eigenvalue weighted by molar-refractivity contribution is 7.13. The monoisotopic (exact) mass is 440 g/mol. The molecule has 31 heavy (non-hydrogen) atoms. The van der Waals surface area contributed by atoms with Gasteiger partial charge in [-0.3, -0.25) is 14.7 Å². The zero-order valence-corrected chi connectivity index (χ0v) is 18.6. The number of benzene rings is 1. The van der Waals surface area contributed by atoms with E-state index in [0.29, 0.717) is 17.8 Å². The van der Waals surface area contributed by atoms with Crippen LogP contribution in [0.4, 0.5) is 0 Å². The normalized spacial score (nSPS) is 23.1. The quantitative estimate of drug-likeness (QED) is 0.534. The second-order valence-corrected chi connectivity index (χ2v) is 9.38. The number of aromatic amines is 1. The number of thiophene rings is 1. The zero-order chi connectivity index (χ0) is 22.0. The van der Waals surface area contributed by atoms with E-state index in [-0.39, 0.29) is 18.4 Å². The molecule has 5 rings (SSSR count). The standard InChI is InChI=1S/C22H26N4OS.CH2O2/c1-13-8-20(28-12-13)14-6-7-18-19(9-14)24-25-21(18)22(27)23-15-10-16-4-3-5-17(11-15)26(16)2;2-1-3/h6-9,12,15-17H,3-5,10-11H2,1-2H3,(H,23,27)(H,24,25);1H,(H,2,3). The number of H-pyrrole nitrogens is 1. The molecule has 2 aromatic heterocycles. The summed E-state index contributed by atoms with van der Waals surface area (Å²) in [5.41, 5.74) is 3.85. The van der Waals surface area contributed by atoms with Crippen molar-refractivity contribution in [3.63, 3.8) is 0 Å². The van der Waals surface area contributed by atoms with Crippen LogP contribution in [0, 0.1) is 6.92 Å². The first-order valence-electron chi connectivity index (χ1n) is 10.6. The van der Waals surface area contributed by atoms with Crippen molar-refractivity contribution in [1.29, 1.82) is 0 Å². The Balaban J connectivity index is 0.000000730. The van der Waals surface area contributed by atoms with Crippen LogP contribution in [-0.4, -0.2) is 57.8 Å². The number of carboxylic acid groups (broad SMARTS) is 1. The van der Waals surface area contributed by atoms with Crippen LogP contribution in [0.3, 0.4) is 0 Å². The van der Waals surface area contributed by atoms with E-state index in [9.17, 15) is 4.79 Å². The van der Waals surface area contributed by atoms with Crippen molar-refractivity contribution in [2.45, 2.75) is 57.2 Å². The summed E-state index contributed by atoms with van der Waals surface area (Å²) in [6.07, 6.45) is 5.90. The highest BCUT2D eigenvalue weighted by Crippen LogP contribution is 2.33. The van der Waals surface area contributed by atoms with Crippen LogP contribution < -0.4 is 5.32 Å². The Morgan fingerprint density at radius 3 is 2.65 bits per heavy atom. The topological polar surface area (TPSA) is 98.3 Å². The van der Waals surface area contributed by atoms with Gasteiger partial charge >= 0.3 is 0 Å². The summed E-state index contributed by atoms with van der Waals surface area (Å²) in [7, 11) is 2.24. The molecule has 3 aromatic rings. The lowest BCUT2D eigenvalue weighted by molar-refractivity contribution is -0.122. The maximum absolute atomic E-state index is 12.9. The van der Waals surface area contributed by atoms with Crippen molar-refractivity contribution in [2.75, 3.05) is 7.05 Å². The maximum Gasteiger partial charge on any atom is 0.290 e. The van der Waals surface area contributed by atoms with Gasteiger partial charge in [0.05, 0.1) is 5.52 Å². The average Bonchev–Trinajstić information content (AvgIpc) is 3.35. The molecule has 0 aliphatic carbocycles. The van der Waals surface area contributed by atoms with Gasteiger partial charge in [-0.1, -0.05) is 12.5 Å². The molecule has 1 aromatic carbocycles. The second kappa shape index (κ2) is 9.20. The summed E-state index contributed by atoms with van der Waals surface area (Å²) in [6, 6.07) is 9.83. The van der Waals surface area contributed by atoms with E-state index in [1.165, 1.54) is 29.7 Å². The Hall–Kier alpha value is -2.71. The number of nitrogens with zero attached hydrogens (tertiary/aromatic N) is 2. The Morgan fingerprint density at radius 2 is 2.00 bits per heavy atom. The molecule has 8 heteroatoms. The molecule has 2 atom stereocenters. The van der Waals surface area contributed by atoms with Crippen LogP contribution in [0.1, 0.15) is 48.2 Å². The third-order valence-electron chi connectivity index (χ3n) is 6.47. The molecule has 2 fully saturated rings. The molecule has 2 unspecified atom stereocenters. The number of fused-ring (bicyclic) bond motifs is 3. The fourth-order valence-corrected chi connectivity index (χ4v) is 5.81. The first-order valence-corrected chi connectivity index (χ1v) is 11.5. The minimum absolute atomic E-state index is 0.0569. The molecular weight excluding hydrogens is 412 g/mol. The average molecular weight is 441 g/mol. The van der Waals surface area contributed by atoms with Crippen molar-refractivity contribution in [3.8, 4) is 10.4 Å². The molecular formula is C23H28N4O3S. The van der Waals surface area contributed by atoms with Crippen molar-refractivity contribution < 1.29 is 14.7 Å². The number of amides is 1. The van der Waals surface area contributed by atoms with Gasteiger partial charge in [0, 0.05) is 28.4 Å². The Bertz CT molecular complexity index is 1060. The van der Waals surface area contributed by atoms with E-state index in [4.69, 9.17) is 9.90 Å². The molecule has 1 amide bonds. The Kier molecular flexibility index (Phi) is 6.38. The summed E-state index contributed by atoms with van der Waals surface area (Å²) in [4.78, 5) is 25.1. The van der Waals surface area contributed by atoms with Gasteiger partial charge in [-0.25, -0.2) is 0 Å². The summed E-state index contributed by atoms with van der Waals surface area (Å²) in [5, 5.41) is 20.6. The molecule has 3 N–H and O–H groups in total. The van der Waals surface area contributed by atoms with Crippen molar-refractivity contribution in [3.05, 3.63) is 40.9 Å². The van der Waals surface area contributed by atoms with Crippen LogP contribution >= 0.6 is 11.3 Å². The summed E-state index contributed by atoms with van der Waals surface area (Å²) < 4.78 is 0. The molecule has 0 radical (unpaired) electrons. The number of aryl methyl sites for hydroxylation is 1. The van der Waals surface area contributed by atoms with E-state index in [1.54, 1.807) is 11.3 Å². The fraction of sp³-hybridized carbons (Fsp3) is 0.435. The van der Waals surface area contributed by atoms with Gasteiger partial charge in [0.2, 0.25) is 0 Å². The molecule has 2 saturated heterocycles. The number of piperidine rings is 2. The smallest absolute Gasteiger partial charge is 0.290 e. The first kappa shape index (κ1) is 21.5. The predicted molar refractivity (Wildman–Crippen MR) is 123 cm³/mol. The lowest BCUT2D eigenvalue weighted by Crippen LogP contribution is -2.55. The van der Waals surface area contributed by atoms with E-state index in [0.717, 1.165) is 29.3 Å². The summed E-state index contributed by atoms with van der Waals surface area (Å²) in [5.74, 6) is -0.0569. The highest BCUT2D eigenvalue weighted by Gasteiger charge is 2.36. The lowest BCUT2D eigenvalue weighted by Gasteiger charge is -2.47. The van der Waals surface area contributed by atoms with E-state index < -0.39 is 0 Å². The van der Waals surface area contributed by atoms with Crippen LogP contribution in [0.5, 0.6) is 0 Å². The van der Waals surface area contributed by atoms with Crippen molar-refractivity contribution >= 4 is 34.6 Å². The number of carbonyl (C=O) groups excluding carboxylic acids is 1. The lowest BCUT2D eigenvalue weighted by atomic mass is 9.82. The maximum atomic E-state index is 12.9. The van der Waals surface area contributed by atoms with Crippen LogP contribution in [0.25, 0.3) is 21.3 Å². The Morgan fingerprint density at radius 1 is 1.29 bits per heavy atom. The Labute approximate surface area is 185 Å². The number of aromatic nitrogens is 2. The molecule has 2 bridgehead atoms. The largest absolute Gasteiger partial charge is 0.483 e. The van der Waals surface area contributed by atoms with Gasteiger partial charge in [-0.2, -0.15) is 5.10 Å². The molecule has 7 nitrogen and oxygen atoms in total. The van der Waals surface area contributed by atoms with Gasteiger partial charge in [-0.15, -0.1) is 11.3 Å². The molecule has 2 aliphatic rings. The highest BCUT2D eigenvalue weighted by atomic mass is 32.1. The first-order chi connectivity index (χ1) is 15.0. The predicted octanol–water partition coefficient (Wildman–Crippen LogP) is 4.05. The van der Waals surface area contributed by atoms with Crippen LogP contribution in [0.15, 0.2) is 29.6 Å². The van der Waals surface area contributed by atoms with Gasteiger partial charge in [0.15, 0.2) is 5.69 Å². The van der Waals surface area contributed by atoms with Gasteiger partial charge < -0.3 is 15.3 Å². The SMILES string of the molecule is Cc1csc(-c2ccc3c(C(=O)NC4CC5CCCC(C4)N5C)n[nH]c3c2)c1.O=CO. The summed E-state index contributed by atoms with van der Waals surface area (Å²) in [6.45, 7) is 1.86. The summed E-state index contributed by atoms with van der Waals surface area (Å²) >= 11 is 1.74. The van der Waals surface area contributed by atoms with Crippen molar-refractivity contribution in [2.24, 2.45) is 0 Å². The van der Waals surface area contributed by atoms with Crippen LogP contribution in [0.2, 0.25) is 0 Å². The minimum atomic E-state index is -0.250. The molecule has 0 saturated carbocycles. The zero-order valence-electron chi connectivity index (χ0n) is 17.8. The number of hydrogen-bond donors (Lipinski definition) is 3.